The molecule has 7 nitrogen and oxygen atoms in total. The first-order valence-corrected chi connectivity index (χ1v) is 10.5. The second-order valence-electron chi connectivity index (χ2n) is 8.85. The molecule has 1 aromatic carbocycles. The molecule has 0 bridgehead atoms. The van der Waals surface area contributed by atoms with Gasteiger partial charge in [-0.1, -0.05) is 31.2 Å². The van der Waals surface area contributed by atoms with Crippen molar-refractivity contribution in [2.45, 2.75) is 45.3 Å². The number of amides is 1. The van der Waals surface area contributed by atoms with Gasteiger partial charge in [0.1, 0.15) is 5.75 Å². The van der Waals surface area contributed by atoms with Crippen LogP contribution in [-0.4, -0.2) is 57.2 Å². The van der Waals surface area contributed by atoms with Gasteiger partial charge < -0.3 is 14.7 Å². The largest absolute Gasteiger partial charge is 0.507 e. The lowest BCUT2D eigenvalue weighted by Gasteiger charge is -2.36. The number of methoxy groups -OCH3 is 1. The van der Waals surface area contributed by atoms with Gasteiger partial charge in [-0.05, 0) is 49.1 Å². The van der Waals surface area contributed by atoms with E-state index in [-0.39, 0.29) is 23.8 Å². The van der Waals surface area contributed by atoms with Gasteiger partial charge in [-0.15, -0.1) is 5.10 Å². The number of rotatable bonds is 5. The van der Waals surface area contributed by atoms with Crippen LogP contribution in [0.15, 0.2) is 30.5 Å². The first-order valence-electron chi connectivity index (χ1n) is 10.5. The summed E-state index contributed by atoms with van der Waals surface area (Å²) < 4.78 is 7.79. The van der Waals surface area contributed by atoms with Crippen LogP contribution in [0.1, 0.15) is 48.8 Å². The smallest absolute Gasteiger partial charge is 0.257 e. The van der Waals surface area contributed by atoms with Crippen molar-refractivity contribution in [1.29, 1.82) is 0 Å². The van der Waals surface area contributed by atoms with E-state index in [1.165, 1.54) is 0 Å². The topological polar surface area (TPSA) is 80.5 Å². The van der Waals surface area contributed by atoms with Crippen LogP contribution in [0.3, 0.4) is 0 Å². The van der Waals surface area contributed by atoms with Gasteiger partial charge in [0.2, 0.25) is 0 Å². The molecular weight excluding hydrogens is 368 g/mol. The van der Waals surface area contributed by atoms with Gasteiger partial charge in [0.25, 0.3) is 5.91 Å². The molecule has 2 heterocycles. The van der Waals surface area contributed by atoms with Crippen molar-refractivity contribution in [1.82, 2.24) is 19.9 Å². The van der Waals surface area contributed by atoms with Gasteiger partial charge in [-0.2, -0.15) is 0 Å². The van der Waals surface area contributed by atoms with Crippen molar-refractivity contribution in [2.24, 2.45) is 17.8 Å². The van der Waals surface area contributed by atoms with Gasteiger partial charge in [0, 0.05) is 26.4 Å². The number of carbonyl (C=O) groups is 1. The first-order chi connectivity index (χ1) is 14.0. The van der Waals surface area contributed by atoms with Crippen molar-refractivity contribution >= 4 is 5.91 Å². The number of ether oxygens (including phenoxy) is 1. The van der Waals surface area contributed by atoms with Gasteiger partial charge in [-0.25, -0.2) is 4.68 Å². The number of nitrogens with zero attached hydrogens (tertiary/aromatic N) is 4. The highest BCUT2D eigenvalue weighted by Crippen LogP contribution is 2.42. The fourth-order valence-electron chi connectivity index (χ4n) is 4.90. The quantitative estimate of drug-likeness (QED) is 0.838. The molecule has 1 N–H and O–H groups in total. The molecule has 0 radical (unpaired) electrons. The molecule has 1 saturated carbocycles. The molecule has 1 aliphatic carbocycles. The number of phenols is 1. The van der Waals surface area contributed by atoms with E-state index in [1.807, 2.05) is 9.58 Å². The number of aromatic nitrogens is 3. The molecule has 156 valence electrons. The van der Waals surface area contributed by atoms with Crippen LogP contribution < -0.4 is 0 Å². The summed E-state index contributed by atoms with van der Waals surface area (Å²) in [6.45, 7) is 5.77. The molecule has 4 rings (SSSR count). The molecule has 4 atom stereocenters. The minimum absolute atomic E-state index is 0.0420. The fraction of sp³-hybridized carbons (Fsp3) is 0.591. The number of phenolic OH excluding ortho intramolecular Hbond substituents is 1. The van der Waals surface area contributed by atoms with E-state index in [9.17, 15) is 9.90 Å². The van der Waals surface area contributed by atoms with Crippen LogP contribution in [0.5, 0.6) is 5.75 Å². The zero-order valence-electron chi connectivity index (χ0n) is 17.4. The highest BCUT2D eigenvalue weighted by Gasteiger charge is 2.45. The molecule has 2 aromatic rings. The number of carbonyl (C=O) groups excluding carboxylic acids is 1. The molecule has 2 aliphatic rings. The van der Waals surface area contributed by atoms with Crippen LogP contribution in [-0.2, 0) is 11.2 Å². The van der Waals surface area contributed by atoms with Crippen LogP contribution in [0.2, 0.25) is 0 Å². The Labute approximate surface area is 171 Å². The van der Waals surface area contributed by atoms with Gasteiger partial charge in [-0.3, -0.25) is 4.79 Å². The lowest BCUT2D eigenvalue weighted by molar-refractivity contribution is -0.00546. The van der Waals surface area contributed by atoms with Crippen molar-refractivity contribution in [3.63, 3.8) is 0 Å². The van der Waals surface area contributed by atoms with Gasteiger partial charge in [0.05, 0.1) is 23.4 Å². The predicted octanol–water partition coefficient (Wildman–Crippen LogP) is 2.92. The molecule has 1 amide bonds. The van der Waals surface area contributed by atoms with E-state index >= 15 is 0 Å². The zero-order valence-corrected chi connectivity index (χ0v) is 17.4. The van der Waals surface area contributed by atoms with Gasteiger partial charge in [0.15, 0.2) is 0 Å². The summed E-state index contributed by atoms with van der Waals surface area (Å²) in [5.74, 6) is 1.30. The number of hydrogen-bond donors (Lipinski definition) is 1. The summed E-state index contributed by atoms with van der Waals surface area (Å²) in [4.78, 5) is 14.8. The first kappa shape index (κ1) is 19.9. The number of aromatic hydroxyl groups is 1. The van der Waals surface area contributed by atoms with E-state index in [0.717, 1.165) is 25.0 Å². The van der Waals surface area contributed by atoms with E-state index < -0.39 is 0 Å². The molecule has 2 fully saturated rings. The molecule has 7 heteroatoms. The maximum atomic E-state index is 12.9. The number of para-hydroxylation sites is 1. The second kappa shape index (κ2) is 8.14. The molecule has 1 aromatic heterocycles. The molecule has 0 spiro atoms. The SMILES string of the molecule is CO[C@@H]1C[C@H]2CN(C(=O)c3ccccc3O)C[C@H]2C[C@H]1n1cc(CC(C)C)nn1. The third-order valence-corrected chi connectivity index (χ3v) is 6.32. The highest BCUT2D eigenvalue weighted by atomic mass is 16.5. The lowest BCUT2D eigenvalue weighted by atomic mass is 9.77. The van der Waals surface area contributed by atoms with Crippen LogP contribution in [0.25, 0.3) is 0 Å². The Bertz CT molecular complexity index is 865. The number of benzene rings is 1. The van der Waals surface area contributed by atoms with Crippen LogP contribution in [0, 0.1) is 17.8 Å². The Hall–Kier alpha value is -2.41. The van der Waals surface area contributed by atoms with Crippen LogP contribution >= 0.6 is 0 Å². The van der Waals surface area contributed by atoms with E-state index in [2.05, 4.69) is 30.4 Å². The van der Waals surface area contributed by atoms with Crippen molar-refractivity contribution in [3.8, 4) is 5.75 Å². The maximum absolute atomic E-state index is 12.9. The standard InChI is InChI=1S/C22H30N4O3/c1-14(2)8-17-13-26(24-23-17)19-9-15-11-25(12-16(15)10-21(19)29-3)22(28)18-6-4-5-7-20(18)27/h4-7,13-16,19,21,27H,8-12H2,1-3H3/t15-,16+,19-,21-/m1/s1. The number of fused-ring (bicyclic) bond motifs is 1. The zero-order chi connectivity index (χ0) is 20.5. The monoisotopic (exact) mass is 398 g/mol. The molecule has 29 heavy (non-hydrogen) atoms. The Balaban J connectivity index is 1.48. The minimum atomic E-state index is -0.0945. The van der Waals surface area contributed by atoms with Crippen LogP contribution in [0.4, 0.5) is 0 Å². The summed E-state index contributed by atoms with van der Waals surface area (Å²) in [6.07, 6.45) is 4.84. The maximum Gasteiger partial charge on any atom is 0.257 e. The van der Waals surface area contributed by atoms with E-state index in [0.29, 0.717) is 36.4 Å². The van der Waals surface area contributed by atoms with Crippen molar-refractivity contribution in [2.75, 3.05) is 20.2 Å². The predicted molar refractivity (Wildman–Crippen MR) is 109 cm³/mol. The molecular formula is C22H30N4O3. The highest BCUT2D eigenvalue weighted by molar-refractivity contribution is 5.97. The average molecular weight is 399 g/mol. The second-order valence-corrected chi connectivity index (χ2v) is 8.85. The molecule has 1 saturated heterocycles. The Morgan fingerprint density at radius 2 is 1.97 bits per heavy atom. The van der Waals surface area contributed by atoms with Crippen molar-refractivity contribution in [3.05, 3.63) is 41.7 Å². The Morgan fingerprint density at radius 3 is 2.66 bits per heavy atom. The average Bonchev–Trinajstić information content (AvgIpc) is 3.32. The van der Waals surface area contributed by atoms with Gasteiger partial charge >= 0.3 is 0 Å². The summed E-state index contributed by atoms with van der Waals surface area (Å²) in [5.41, 5.74) is 1.39. The Morgan fingerprint density at radius 1 is 1.24 bits per heavy atom. The normalized spacial score (nSPS) is 26.7. The third-order valence-electron chi connectivity index (χ3n) is 6.32. The third kappa shape index (κ3) is 4.01. The molecule has 0 unspecified atom stereocenters. The number of likely N-dealkylation sites (tertiary alicyclic amines) is 1. The lowest BCUT2D eigenvalue weighted by Crippen LogP contribution is -2.37. The van der Waals surface area contributed by atoms with Crippen molar-refractivity contribution < 1.29 is 14.6 Å². The fourth-order valence-corrected chi connectivity index (χ4v) is 4.90. The number of hydrogen-bond acceptors (Lipinski definition) is 5. The van der Waals surface area contributed by atoms with E-state index in [4.69, 9.17) is 4.74 Å². The molecule has 1 aliphatic heterocycles. The summed E-state index contributed by atoms with van der Waals surface area (Å²) in [5, 5.41) is 18.8. The Kier molecular flexibility index (Phi) is 5.58. The summed E-state index contributed by atoms with van der Waals surface area (Å²) in [7, 11) is 1.75. The summed E-state index contributed by atoms with van der Waals surface area (Å²) in [6, 6.07) is 6.90. The minimum Gasteiger partial charge on any atom is -0.507 e. The summed E-state index contributed by atoms with van der Waals surface area (Å²) >= 11 is 0. The van der Waals surface area contributed by atoms with E-state index in [1.54, 1.807) is 31.4 Å².